The van der Waals surface area contributed by atoms with Crippen LogP contribution in [0.5, 0.6) is 5.75 Å². The van der Waals surface area contributed by atoms with Gasteiger partial charge in [0.2, 0.25) is 5.91 Å². The predicted octanol–water partition coefficient (Wildman–Crippen LogP) is 3.40. The lowest BCUT2D eigenvalue weighted by atomic mass is 10.0. The summed E-state index contributed by atoms with van der Waals surface area (Å²) in [5.41, 5.74) is 7.93. The third-order valence-electron chi connectivity index (χ3n) is 3.70. The van der Waals surface area contributed by atoms with Crippen molar-refractivity contribution < 1.29 is 9.53 Å². The molecule has 4 nitrogen and oxygen atoms in total. The fourth-order valence-electron chi connectivity index (χ4n) is 2.38. The Labute approximate surface area is 141 Å². The van der Waals surface area contributed by atoms with E-state index in [0.29, 0.717) is 17.3 Å². The zero-order chi connectivity index (χ0) is 16.8. The van der Waals surface area contributed by atoms with Crippen LogP contribution in [-0.4, -0.2) is 25.0 Å². The molecule has 2 aromatic rings. The van der Waals surface area contributed by atoms with Crippen LogP contribution in [0.2, 0.25) is 5.02 Å². The number of ether oxygens (including phenoxy) is 1. The Hall–Kier alpha value is -2.04. The minimum atomic E-state index is -0.313. The largest absolute Gasteiger partial charge is 0.496 e. The lowest BCUT2D eigenvalue weighted by Gasteiger charge is -2.21. The van der Waals surface area contributed by atoms with E-state index in [-0.39, 0.29) is 18.4 Å². The Balaban J connectivity index is 2.02. The summed E-state index contributed by atoms with van der Waals surface area (Å²) in [5.74, 6) is 0.685. The van der Waals surface area contributed by atoms with Crippen LogP contribution in [0.3, 0.4) is 0 Å². The average molecular weight is 333 g/mol. The Morgan fingerprint density at radius 1 is 1.26 bits per heavy atom. The molecular formula is C18H21ClN2O2. The lowest BCUT2D eigenvalue weighted by molar-refractivity contribution is -0.130. The second-order valence-electron chi connectivity index (χ2n) is 5.43. The van der Waals surface area contributed by atoms with E-state index in [0.717, 1.165) is 11.1 Å². The summed E-state index contributed by atoms with van der Waals surface area (Å²) in [4.78, 5) is 14.0. The molecule has 0 saturated heterocycles. The van der Waals surface area contributed by atoms with Crippen molar-refractivity contribution in [2.24, 2.45) is 5.73 Å². The highest BCUT2D eigenvalue weighted by molar-refractivity contribution is 6.30. The highest BCUT2D eigenvalue weighted by Crippen LogP contribution is 2.24. The van der Waals surface area contributed by atoms with Gasteiger partial charge in [0.15, 0.2) is 0 Å². The molecule has 0 saturated carbocycles. The topological polar surface area (TPSA) is 55.6 Å². The molecule has 1 amide bonds. The van der Waals surface area contributed by atoms with E-state index in [1.165, 1.54) is 0 Å². The van der Waals surface area contributed by atoms with E-state index < -0.39 is 0 Å². The molecule has 2 aromatic carbocycles. The molecule has 1 unspecified atom stereocenters. The number of carbonyl (C=O) groups is 1. The van der Waals surface area contributed by atoms with Crippen molar-refractivity contribution >= 4 is 17.5 Å². The molecule has 0 aromatic heterocycles. The van der Waals surface area contributed by atoms with Gasteiger partial charge in [-0.15, -0.1) is 0 Å². The lowest BCUT2D eigenvalue weighted by Crippen LogP contribution is -2.29. The van der Waals surface area contributed by atoms with E-state index >= 15 is 0 Å². The van der Waals surface area contributed by atoms with Crippen molar-refractivity contribution in [3.05, 3.63) is 64.7 Å². The first kappa shape index (κ1) is 17.3. The highest BCUT2D eigenvalue weighted by Gasteiger charge is 2.16. The van der Waals surface area contributed by atoms with Gasteiger partial charge in [-0.05, 0) is 23.8 Å². The monoisotopic (exact) mass is 332 g/mol. The summed E-state index contributed by atoms with van der Waals surface area (Å²) in [6, 6.07) is 14.7. The summed E-state index contributed by atoms with van der Waals surface area (Å²) in [6.45, 7) is 0.421. The standard InChI is InChI=1S/C18H21ClN2O2/c1-21(12-14-10-15(19)8-9-17(14)23-2)18(22)11-16(20)13-6-4-3-5-7-13/h3-10,16H,11-12,20H2,1-2H3. The van der Waals surface area contributed by atoms with Crippen molar-refractivity contribution in [2.75, 3.05) is 14.2 Å². The Morgan fingerprint density at radius 2 is 1.96 bits per heavy atom. The Morgan fingerprint density at radius 3 is 2.61 bits per heavy atom. The van der Waals surface area contributed by atoms with Crippen molar-refractivity contribution in [3.8, 4) is 5.75 Å². The maximum Gasteiger partial charge on any atom is 0.224 e. The molecule has 0 spiro atoms. The Kier molecular flexibility index (Phi) is 6.02. The van der Waals surface area contributed by atoms with Gasteiger partial charge < -0.3 is 15.4 Å². The minimum Gasteiger partial charge on any atom is -0.496 e. The van der Waals surface area contributed by atoms with Crippen LogP contribution in [0.4, 0.5) is 0 Å². The summed E-state index contributed by atoms with van der Waals surface area (Å²) in [7, 11) is 3.35. The van der Waals surface area contributed by atoms with Crippen LogP contribution in [0.15, 0.2) is 48.5 Å². The SMILES string of the molecule is COc1ccc(Cl)cc1CN(C)C(=O)CC(N)c1ccccc1. The quantitative estimate of drug-likeness (QED) is 0.882. The van der Waals surface area contributed by atoms with E-state index in [2.05, 4.69) is 0 Å². The molecule has 2 rings (SSSR count). The van der Waals surface area contributed by atoms with Crippen LogP contribution >= 0.6 is 11.6 Å². The number of nitrogens with zero attached hydrogens (tertiary/aromatic N) is 1. The van der Waals surface area contributed by atoms with Gasteiger partial charge in [-0.2, -0.15) is 0 Å². The van der Waals surface area contributed by atoms with Gasteiger partial charge in [0, 0.05) is 36.6 Å². The molecule has 0 aliphatic heterocycles. The number of nitrogens with two attached hydrogens (primary N) is 1. The maximum absolute atomic E-state index is 12.4. The molecule has 5 heteroatoms. The summed E-state index contributed by atoms with van der Waals surface area (Å²) < 4.78 is 5.31. The normalized spacial score (nSPS) is 11.8. The smallest absolute Gasteiger partial charge is 0.224 e. The fourth-order valence-corrected chi connectivity index (χ4v) is 2.57. The number of methoxy groups -OCH3 is 1. The first-order valence-electron chi connectivity index (χ1n) is 7.38. The summed E-state index contributed by atoms with van der Waals surface area (Å²) in [6.07, 6.45) is 0.253. The van der Waals surface area contributed by atoms with Gasteiger partial charge in [0.05, 0.1) is 7.11 Å². The van der Waals surface area contributed by atoms with Gasteiger partial charge in [0.1, 0.15) is 5.75 Å². The summed E-state index contributed by atoms with van der Waals surface area (Å²) >= 11 is 6.02. The van der Waals surface area contributed by atoms with Crippen molar-refractivity contribution in [2.45, 2.75) is 19.0 Å². The average Bonchev–Trinajstić information content (AvgIpc) is 2.55. The van der Waals surface area contributed by atoms with E-state index in [1.54, 1.807) is 37.3 Å². The molecule has 122 valence electrons. The van der Waals surface area contributed by atoms with Crippen LogP contribution < -0.4 is 10.5 Å². The molecular weight excluding hydrogens is 312 g/mol. The van der Waals surface area contributed by atoms with Crippen molar-refractivity contribution in [1.29, 1.82) is 0 Å². The molecule has 0 radical (unpaired) electrons. The van der Waals surface area contributed by atoms with Crippen molar-refractivity contribution in [1.82, 2.24) is 4.90 Å². The van der Waals surface area contributed by atoms with Gasteiger partial charge in [-0.25, -0.2) is 0 Å². The van der Waals surface area contributed by atoms with E-state index in [1.807, 2.05) is 30.3 Å². The number of halogens is 1. The zero-order valence-electron chi connectivity index (χ0n) is 13.3. The number of rotatable bonds is 6. The van der Waals surface area contributed by atoms with Crippen LogP contribution in [-0.2, 0) is 11.3 Å². The molecule has 23 heavy (non-hydrogen) atoms. The first-order chi connectivity index (χ1) is 11.0. The molecule has 0 fully saturated rings. The van der Waals surface area contributed by atoms with Gasteiger partial charge in [0.25, 0.3) is 0 Å². The van der Waals surface area contributed by atoms with Crippen molar-refractivity contribution in [3.63, 3.8) is 0 Å². The molecule has 0 aliphatic carbocycles. The highest BCUT2D eigenvalue weighted by atomic mass is 35.5. The van der Waals surface area contributed by atoms with Gasteiger partial charge >= 0.3 is 0 Å². The Bertz CT molecular complexity index is 661. The predicted molar refractivity (Wildman–Crippen MR) is 92.5 cm³/mol. The first-order valence-corrected chi connectivity index (χ1v) is 7.76. The minimum absolute atomic E-state index is 0.0246. The molecule has 1 atom stereocenters. The number of carbonyl (C=O) groups excluding carboxylic acids is 1. The second-order valence-corrected chi connectivity index (χ2v) is 5.86. The van der Waals surface area contributed by atoms with E-state index in [9.17, 15) is 4.79 Å². The molecule has 2 N–H and O–H groups in total. The third kappa shape index (κ3) is 4.71. The number of hydrogen-bond donors (Lipinski definition) is 1. The number of amides is 1. The molecule has 0 heterocycles. The van der Waals surface area contributed by atoms with Gasteiger partial charge in [-0.1, -0.05) is 41.9 Å². The number of hydrogen-bond acceptors (Lipinski definition) is 3. The van der Waals surface area contributed by atoms with Crippen LogP contribution in [0.1, 0.15) is 23.6 Å². The summed E-state index contributed by atoms with van der Waals surface area (Å²) in [5, 5.41) is 0.614. The van der Waals surface area contributed by atoms with E-state index in [4.69, 9.17) is 22.1 Å². The maximum atomic E-state index is 12.4. The fraction of sp³-hybridized carbons (Fsp3) is 0.278. The van der Waals surface area contributed by atoms with Crippen LogP contribution in [0.25, 0.3) is 0 Å². The number of benzene rings is 2. The third-order valence-corrected chi connectivity index (χ3v) is 3.93. The molecule has 0 aliphatic rings. The molecule has 0 bridgehead atoms. The second kappa shape index (κ2) is 7.99. The van der Waals surface area contributed by atoms with Crippen LogP contribution in [0, 0.1) is 0 Å². The van der Waals surface area contributed by atoms with Gasteiger partial charge in [-0.3, -0.25) is 4.79 Å². The zero-order valence-corrected chi connectivity index (χ0v) is 14.1.